The third-order valence-electron chi connectivity index (χ3n) is 5.59. The van der Waals surface area contributed by atoms with Gasteiger partial charge in [-0.2, -0.15) is 0 Å². The summed E-state index contributed by atoms with van der Waals surface area (Å²) in [6.45, 7) is 1.75. The molecule has 7 nitrogen and oxygen atoms in total. The lowest BCUT2D eigenvalue weighted by Crippen LogP contribution is -2.27. The molecule has 0 radical (unpaired) electrons. The molecule has 0 unspecified atom stereocenters. The van der Waals surface area contributed by atoms with Gasteiger partial charge in [0.2, 0.25) is 5.91 Å². The third kappa shape index (κ3) is 5.34. The van der Waals surface area contributed by atoms with Gasteiger partial charge in [0.1, 0.15) is 5.76 Å². The first-order chi connectivity index (χ1) is 15.7. The maximum Gasteiger partial charge on any atom is 0.254 e. The molecule has 1 saturated carbocycles. The number of benzene rings is 2. The summed E-state index contributed by atoms with van der Waals surface area (Å²) in [4.78, 5) is 28.7. The van der Waals surface area contributed by atoms with E-state index in [2.05, 4.69) is 0 Å². The summed E-state index contributed by atoms with van der Waals surface area (Å²) in [6.07, 6.45) is 3.48. The Bertz CT molecular complexity index is 1250. The van der Waals surface area contributed by atoms with Crippen LogP contribution in [0.5, 0.6) is 0 Å². The molecule has 0 bridgehead atoms. The van der Waals surface area contributed by atoms with Crippen LogP contribution in [0, 0.1) is 5.92 Å². The number of carbonyl (C=O) groups is 2. The van der Waals surface area contributed by atoms with E-state index in [1.54, 1.807) is 61.8 Å². The van der Waals surface area contributed by atoms with Crippen molar-refractivity contribution in [1.29, 1.82) is 0 Å². The average molecular weight is 467 g/mol. The fourth-order valence-corrected chi connectivity index (χ4v) is 5.41. The van der Waals surface area contributed by atoms with Crippen LogP contribution in [0.15, 0.2) is 76.2 Å². The zero-order valence-corrected chi connectivity index (χ0v) is 19.4. The lowest BCUT2D eigenvalue weighted by molar-refractivity contribution is -0.115. The van der Waals surface area contributed by atoms with Gasteiger partial charge in [-0.3, -0.25) is 14.5 Å². The van der Waals surface area contributed by atoms with Crippen molar-refractivity contribution in [3.8, 4) is 0 Å². The molecule has 8 heteroatoms. The summed E-state index contributed by atoms with van der Waals surface area (Å²) in [5, 5.41) is 0. The quantitative estimate of drug-likeness (QED) is 0.490. The van der Waals surface area contributed by atoms with Gasteiger partial charge in [-0.25, -0.2) is 8.42 Å². The smallest absolute Gasteiger partial charge is 0.254 e. The van der Waals surface area contributed by atoms with Gasteiger partial charge in [0.05, 0.1) is 23.5 Å². The highest BCUT2D eigenvalue weighted by atomic mass is 32.2. The highest BCUT2D eigenvalue weighted by Gasteiger charge is 2.29. The van der Waals surface area contributed by atoms with Crippen LogP contribution < -0.4 is 4.90 Å². The average Bonchev–Trinajstić information content (AvgIpc) is 3.44. The van der Waals surface area contributed by atoms with Crippen molar-refractivity contribution in [2.75, 3.05) is 17.7 Å². The summed E-state index contributed by atoms with van der Waals surface area (Å²) < 4.78 is 30.4. The second kappa shape index (κ2) is 9.23. The molecule has 3 aromatic rings. The van der Waals surface area contributed by atoms with Crippen LogP contribution in [-0.2, 0) is 21.2 Å². The molecule has 0 N–H and O–H groups in total. The van der Waals surface area contributed by atoms with E-state index in [9.17, 15) is 18.0 Å². The van der Waals surface area contributed by atoms with Crippen LogP contribution in [0.25, 0.3) is 0 Å². The van der Waals surface area contributed by atoms with Gasteiger partial charge < -0.3 is 9.32 Å². The molecule has 1 aromatic heterocycles. The molecule has 172 valence electrons. The highest BCUT2D eigenvalue weighted by molar-refractivity contribution is 7.91. The Morgan fingerprint density at radius 1 is 1.00 bits per heavy atom. The van der Waals surface area contributed by atoms with Crippen molar-refractivity contribution in [2.45, 2.75) is 31.2 Å². The minimum atomic E-state index is -3.33. The monoisotopic (exact) mass is 466 g/mol. The summed E-state index contributed by atoms with van der Waals surface area (Å²) >= 11 is 0. The van der Waals surface area contributed by atoms with Crippen LogP contribution in [-0.4, -0.2) is 37.9 Å². The maximum absolute atomic E-state index is 12.9. The Kier molecular flexibility index (Phi) is 6.37. The molecule has 4 rings (SSSR count). The van der Waals surface area contributed by atoms with Gasteiger partial charge >= 0.3 is 0 Å². The fourth-order valence-electron chi connectivity index (χ4n) is 3.71. The summed E-state index contributed by atoms with van der Waals surface area (Å²) in [7, 11) is -1.65. The molecular weight excluding hydrogens is 440 g/mol. The third-order valence-corrected chi connectivity index (χ3v) is 7.49. The van der Waals surface area contributed by atoms with Crippen molar-refractivity contribution < 1.29 is 22.4 Å². The highest BCUT2D eigenvalue weighted by Crippen LogP contribution is 2.33. The Hall–Kier alpha value is -3.39. The second-order valence-corrected chi connectivity index (χ2v) is 10.4. The number of anilines is 2. The SMILES string of the molecule is CC(=O)N(c1ccc(S(=O)(=O)CC2CC2)cc1)c1cccc(C(=O)N(C)Cc2ccco2)c1. The molecule has 2 amide bonds. The molecule has 1 aliphatic rings. The standard InChI is InChI=1S/C25H26N2O5S/c1-18(28)27(21-10-12-24(13-11-21)33(30,31)17-19-8-9-19)22-6-3-5-20(15-22)25(29)26(2)16-23-7-4-14-32-23/h3-7,10-15,19H,8-9,16-17H2,1-2H3. The zero-order chi connectivity index (χ0) is 23.6. The van der Waals surface area contributed by atoms with E-state index >= 15 is 0 Å². The predicted molar refractivity (Wildman–Crippen MR) is 125 cm³/mol. The van der Waals surface area contributed by atoms with Gasteiger partial charge in [0.15, 0.2) is 9.84 Å². The van der Waals surface area contributed by atoms with E-state index in [0.29, 0.717) is 29.2 Å². The normalized spacial score (nSPS) is 13.5. The minimum Gasteiger partial charge on any atom is -0.467 e. The zero-order valence-electron chi connectivity index (χ0n) is 18.6. The minimum absolute atomic E-state index is 0.165. The van der Waals surface area contributed by atoms with Crippen LogP contribution >= 0.6 is 0 Å². The van der Waals surface area contributed by atoms with Gasteiger partial charge in [0.25, 0.3) is 5.91 Å². The molecule has 0 saturated heterocycles. The first-order valence-corrected chi connectivity index (χ1v) is 12.4. The molecular formula is C25H26N2O5S. The molecule has 1 fully saturated rings. The summed E-state index contributed by atoms with van der Waals surface area (Å²) in [6, 6.07) is 16.7. The van der Waals surface area contributed by atoms with Gasteiger partial charge in [-0.1, -0.05) is 6.07 Å². The Morgan fingerprint density at radius 3 is 2.33 bits per heavy atom. The van der Waals surface area contributed by atoms with E-state index in [-0.39, 0.29) is 28.4 Å². The van der Waals surface area contributed by atoms with Crippen molar-refractivity contribution in [3.05, 3.63) is 78.3 Å². The van der Waals surface area contributed by atoms with Crippen LogP contribution in [0.1, 0.15) is 35.9 Å². The van der Waals surface area contributed by atoms with Crippen LogP contribution in [0.2, 0.25) is 0 Å². The largest absolute Gasteiger partial charge is 0.467 e. The first-order valence-electron chi connectivity index (χ1n) is 10.8. The van der Waals surface area contributed by atoms with Crippen molar-refractivity contribution >= 4 is 33.0 Å². The number of carbonyl (C=O) groups excluding carboxylic acids is 2. The maximum atomic E-state index is 12.9. The molecule has 0 aliphatic heterocycles. The van der Waals surface area contributed by atoms with Crippen molar-refractivity contribution in [1.82, 2.24) is 4.90 Å². The van der Waals surface area contributed by atoms with E-state index < -0.39 is 9.84 Å². The Balaban J connectivity index is 1.57. The van der Waals surface area contributed by atoms with Crippen molar-refractivity contribution in [2.24, 2.45) is 5.92 Å². The van der Waals surface area contributed by atoms with E-state index in [1.807, 2.05) is 0 Å². The molecule has 33 heavy (non-hydrogen) atoms. The lowest BCUT2D eigenvalue weighted by atomic mass is 10.1. The molecule has 0 spiro atoms. The Morgan fingerprint density at radius 2 is 1.73 bits per heavy atom. The number of hydrogen-bond donors (Lipinski definition) is 0. The van der Waals surface area contributed by atoms with Gasteiger partial charge in [-0.05, 0) is 73.4 Å². The lowest BCUT2D eigenvalue weighted by Gasteiger charge is -2.23. The number of nitrogens with zero attached hydrogens (tertiary/aromatic N) is 2. The van der Waals surface area contributed by atoms with Crippen molar-refractivity contribution in [3.63, 3.8) is 0 Å². The van der Waals surface area contributed by atoms with Gasteiger partial charge in [-0.15, -0.1) is 0 Å². The molecule has 2 aromatic carbocycles. The summed E-state index contributed by atoms with van der Waals surface area (Å²) in [5.41, 5.74) is 1.48. The van der Waals surface area contributed by atoms with Crippen LogP contribution in [0.3, 0.4) is 0 Å². The molecule has 1 heterocycles. The predicted octanol–water partition coefficient (Wildman–Crippen LogP) is 4.42. The fraction of sp³-hybridized carbons (Fsp3) is 0.280. The number of rotatable bonds is 8. The summed E-state index contributed by atoms with van der Waals surface area (Å²) in [5.74, 6) is 0.632. The first kappa shape index (κ1) is 22.8. The van der Waals surface area contributed by atoms with Crippen LogP contribution in [0.4, 0.5) is 11.4 Å². The molecule has 0 atom stereocenters. The topological polar surface area (TPSA) is 87.9 Å². The van der Waals surface area contributed by atoms with Gasteiger partial charge in [0, 0.05) is 30.9 Å². The number of amides is 2. The van der Waals surface area contributed by atoms with E-state index in [4.69, 9.17) is 4.42 Å². The molecule has 1 aliphatic carbocycles. The number of furan rings is 1. The second-order valence-electron chi connectivity index (χ2n) is 8.36. The number of sulfone groups is 1. The number of hydrogen-bond acceptors (Lipinski definition) is 5. The van der Waals surface area contributed by atoms with E-state index in [0.717, 1.165) is 12.8 Å². The van der Waals surface area contributed by atoms with E-state index in [1.165, 1.54) is 28.9 Å². The Labute approximate surface area is 193 Å².